The van der Waals surface area contributed by atoms with E-state index < -0.39 is 0 Å². The first-order valence-corrected chi connectivity index (χ1v) is 5.70. The molecule has 3 heteroatoms. The highest BCUT2D eigenvalue weighted by Crippen LogP contribution is 2.37. The van der Waals surface area contributed by atoms with Crippen molar-refractivity contribution in [3.05, 3.63) is 0 Å². The number of nitrogens with one attached hydrogen (secondary N) is 1. The lowest BCUT2D eigenvalue weighted by atomic mass is 9.85. The number of hydrogen-bond donors (Lipinski definition) is 2. The van der Waals surface area contributed by atoms with E-state index in [4.69, 9.17) is 5.84 Å². The van der Waals surface area contributed by atoms with Crippen molar-refractivity contribution in [1.82, 2.24) is 10.3 Å². The van der Waals surface area contributed by atoms with Gasteiger partial charge in [0.15, 0.2) is 0 Å². The molecule has 1 aliphatic carbocycles. The Morgan fingerprint density at radius 1 is 1.40 bits per heavy atom. The van der Waals surface area contributed by atoms with E-state index in [0.29, 0.717) is 0 Å². The zero-order valence-corrected chi connectivity index (χ0v) is 10.1. The van der Waals surface area contributed by atoms with Crippen LogP contribution in [-0.4, -0.2) is 30.6 Å². The van der Waals surface area contributed by atoms with Gasteiger partial charge in [-0.3, -0.25) is 11.3 Å². The summed E-state index contributed by atoms with van der Waals surface area (Å²) in [5.74, 6) is 11.8. The number of nitrogens with zero attached hydrogens (tertiary/aromatic N) is 1. The zero-order chi connectivity index (χ0) is 11.3. The second-order valence-corrected chi connectivity index (χ2v) is 4.56. The van der Waals surface area contributed by atoms with Crippen LogP contribution < -0.4 is 11.3 Å². The third kappa shape index (κ3) is 2.52. The van der Waals surface area contributed by atoms with Gasteiger partial charge >= 0.3 is 0 Å². The lowest BCUT2D eigenvalue weighted by Crippen LogP contribution is -2.59. The molecule has 1 aliphatic rings. The minimum Gasteiger partial charge on any atom is -0.302 e. The molecule has 0 aromatic rings. The summed E-state index contributed by atoms with van der Waals surface area (Å²) in [6.07, 6.45) is 5.89. The van der Waals surface area contributed by atoms with Crippen LogP contribution >= 0.6 is 0 Å². The molecule has 0 aromatic carbocycles. The summed E-state index contributed by atoms with van der Waals surface area (Å²) >= 11 is 0. The van der Waals surface area contributed by atoms with Gasteiger partial charge in [0.1, 0.15) is 0 Å². The summed E-state index contributed by atoms with van der Waals surface area (Å²) in [6, 6.07) is 0.280. The maximum atomic E-state index is 5.67. The molecule has 0 amide bonds. The summed E-state index contributed by atoms with van der Waals surface area (Å²) in [5.41, 5.74) is 3.16. The largest absolute Gasteiger partial charge is 0.302 e. The van der Waals surface area contributed by atoms with Crippen LogP contribution in [0.25, 0.3) is 0 Å². The molecule has 0 heterocycles. The summed E-state index contributed by atoms with van der Waals surface area (Å²) < 4.78 is 0. The van der Waals surface area contributed by atoms with Crippen LogP contribution in [0, 0.1) is 11.8 Å². The maximum absolute atomic E-state index is 5.67. The van der Waals surface area contributed by atoms with Crippen molar-refractivity contribution in [2.45, 2.75) is 50.6 Å². The van der Waals surface area contributed by atoms with E-state index in [2.05, 4.69) is 36.3 Å². The molecule has 1 rings (SSSR count). The average Bonchev–Trinajstić information content (AvgIpc) is 2.69. The van der Waals surface area contributed by atoms with Gasteiger partial charge in [-0.1, -0.05) is 12.8 Å². The smallest absolute Gasteiger partial charge is 0.0503 e. The Morgan fingerprint density at radius 3 is 2.40 bits per heavy atom. The Morgan fingerprint density at radius 2 is 2.00 bits per heavy atom. The minimum absolute atomic E-state index is 0.207. The molecule has 15 heavy (non-hydrogen) atoms. The monoisotopic (exact) mass is 209 g/mol. The highest BCUT2D eigenvalue weighted by Gasteiger charge is 2.42. The third-order valence-electron chi connectivity index (χ3n) is 3.69. The fourth-order valence-electron chi connectivity index (χ4n) is 2.70. The van der Waals surface area contributed by atoms with Gasteiger partial charge in [-0.25, -0.2) is 0 Å². The van der Waals surface area contributed by atoms with Gasteiger partial charge in [0.2, 0.25) is 0 Å². The van der Waals surface area contributed by atoms with Gasteiger partial charge in [0.05, 0.1) is 6.04 Å². The molecule has 86 valence electrons. The lowest BCUT2D eigenvalue weighted by molar-refractivity contribution is 0.107. The summed E-state index contributed by atoms with van der Waals surface area (Å²) in [5, 5.41) is 0. The molecule has 0 bridgehead atoms. The fourth-order valence-corrected chi connectivity index (χ4v) is 2.70. The molecule has 0 aliphatic heterocycles. The molecule has 3 N–H and O–H groups in total. The first-order valence-electron chi connectivity index (χ1n) is 5.70. The second kappa shape index (κ2) is 5.50. The van der Waals surface area contributed by atoms with Crippen molar-refractivity contribution in [3.63, 3.8) is 0 Å². The molecule has 3 nitrogen and oxygen atoms in total. The van der Waals surface area contributed by atoms with E-state index in [1.165, 1.54) is 25.7 Å². The van der Waals surface area contributed by atoms with Gasteiger partial charge in [0, 0.05) is 12.0 Å². The van der Waals surface area contributed by atoms with Gasteiger partial charge < -0.3 is 4.90 Å². The van der Waals surface area contributed by atoms with Gasteiger partial charge in [0.25, 0.3) is 0 Å². The Hall–Kier alpha value is -0.560. The molecule has 1 fully saturated rings. The molecule has 0 radical (unpaired) electrons. The highest BCUT2D eigenvalue weighted by atomic mass is 15.3. The molecular weight excluding hydrogens is 186 g/mol. The first kappa shape index (κ1) is 12.5. The average molecular weight is 209 g/mol. The third-order valence-corrected chi connectivity index (χ3v) is 3.69. The number of hydrazine groups is 1. The Labute approximate surface area is 93.4 Å². The molecule has 0 aromatic heterocycles. The Bertz CT molecular complexity index is 243. The van der Waals surface area contributed by atoms with Crippen LogP contribution in [0.3, 0.4) is 0 Å². The predicted molar refractivity (Wildman–Crippen MR) is 64.1 cm³/mol. The molecular formula is C12H23N3. The SMILES string of the molecule is CC#CCC(NN)C1(N(C)C)CCCC1. The highest BCUT2D eigenvalue weighted by molar-refractivity contribution is 5.08. The number of nitrogens with two attached hydrogens (primary N) is 1. The van der Waals surface area contributed by atoms with Crippen LogP contribution in [-0.2, 0) is 0 Å². The number of rotatable bonds is 4. The topological polar surface area (TPSA) is 41.3 Å². The van der Waals surface area contributed by atoms with E-state index in [1.807, 2.05) is 6.92 Å². The fraction of sp³-hybridized carbons (Fsp3) is 0.833. The normalized spacial score (nSPS) is 21.1. The second-order valence-electron chi connectivity index (χ2n) is 4.56. The van der Waals surface area contributed by atoms with Gasteiger partial charge in [-0.15, -0.1) is 11.8 Å². The van der Waals surface area contributed by atoms with Crippen molar-refractivity contribution >= 4 is 0 Å². The van der Waals surface area contributed by atoms with E-state index in [1.54, 1.807) is 0 Å². The number of hydrogen-bond acceptors (Lipinski definition) is 3. The van der Waals surface area contributed by atoms with Crippen molar-refractivity contribution in [3.8, 4) is 11.8 Å². The Kier molecular flexibility index (Phi) is 4.59. The van der Waals surface area contributed by atoms with Crippen molar-refractivity contribution in [2.24, 2.45) is 5.84 Å². The summed E-state index contributed by atoms with van der Waals surface area (Å²) in [4.78, 5) is 2.32. The van der Waals surface area contributed by atoms with Crippen LogP contribution in [0.1, 0.15) is 39.0 Å². The van der Waals surface area contributed by atoms with Crippen LogP contribution in [0.2, 0.25) is 0 Å². The molecule has 1 atom stereocenters. The van der Waals surface area contributed by atoms with Crippen molar-refractivity contribution < 1.29 is 0 Å². The van der Waals surface area contributed by atoms with Crippen LogP contribution in [0.15, 0.2) is 0 Å². The van der Waals surface area contributed by atoms with E-state index in [0.717, 1.165) is 6.42 Å². The van der Waals surface area contributed by atoms with Crippen molar-refractivity contribution in [2.75, 3.05) is 14.1 Å². The van der Waals surface area contributed by atoms with Gasteiger partial charge in [-0.2, -0.15) is 0 Å². The van der Waals surface area contributed by atoms with Gasteiger partial charge in [-0.05, 0) is 33.9 Å². The van der Waals surface area contributed by atoms with Crippen LogP contribution in [0.4, 0.5) is 0 Å². The maximum Gasteiger partial charge on any atom is 0.0503 e. The summed E-state index contributed by atoms with van der Waals surface area (Å²) in [7, 11) is 4.30. The molecule has 1 unspecified atom stereocenters. The van der Waals surface area contributed by atoms with E-state index in [9.17, 15) is 0 Å². The zero-order valence-electron chi connectivity index (χ0n) is 10.1. The standard InChI is InChI=1S/C12H23N3/c1-4-5-8-11(14-13)12(15(2)3)9-6-7-10-12/h11,14H,6-10,13H2,1-3H3. The quantitative estimate of drug-likeness (QED) is 0.414. The molecule has 0 saturated heterocycles. The van der Waals surface area contributed by atoms with E-state index in [-0.39, 0.29) is 11.6 Å². The Balaban J connectivity index is 2.79. The predicted octanol–water partition coefficient (Wildman–Crippen LogP) is 1.11. The first-order chi connectivity index (χ1) is 7.17. The van der Waals surface area contributed by atoms with Crippen molar-refractivity contribution in [1.29, 1.82) is 0 Å². The molecule has 0 spiro atoms. The minimum atomic E-state index is 0.207. The number of likely N-dealkylation sites (N-methyl/N-ethyl adjacent to an activating group) is 1. The lowest BCUT2D eigenvalue weighted by Gasteiger charge is -2.42. The van der Waals surface area contributed by atoms with E-state index >= 15 is 0 Å². The van der Waals surface area contributed by atoms with Crippen LogP contribution in [0.5, 0.6) is 0 Å². The molecule has 1 saturated carbocycles. The summed E-state index contributed by atoms with van der Waals surface area (Å²) in [6.45, 7) is 1.88.